The van der Waals surface area contributed by atoms with Gasteiger partial charge in [0.15, 0.2) is 5.78 Å². The smallest absolute Gasteiger partial charge is 0.312 e. The number of urea groups is 1. The quantitative estimate of drug-likeness (QED) is 0.237. The molecular formula is C22H37N5O6. The van der Waals surface area contributed by atoms with Gasteiger partial charge in [-0.15, -0.1) is 0 Å². The zero-order valence-corrected chi connectivity index (χ0v) is 20.3. The van der Waals surface area contributed by atoms with Gasteiger partial charge in [0.1, 0.15) is 12.6 Å². The van der Waals surface area contributed by atoms with E-state index >= 15 is 0 Å². The Morgan fingerprint density at radius 2 is 1.52 bits per heavy atom. The number of ketones is 1. The topological polar surface area (TPSA) is 168 Å². The summed E-state index contributed by atoms with van der Waals surface area (Å²) in [5.41, 5.74) is 5.02. The van der Waals surface area contributed by atoms with Crippen LogP contribution < -0.4 is 21.7 Å². The Morgan fingerprint density at radius 1 is 0.970 bits per heavy atom. The summed E-state index contributed by atoms with van der Waals surface area (Å²) in [6, 6.07) is -2.45. The second-order valence-electron chi connectivity index (χ2n) is 7.94. The van der Waals surface area contributed by atoms with Crippen molar-refractivity contribution in [2.75, 3.05) is 13.1 Å². The molecular weight excluding hydrogens is 430 g/mol. The van der Waals surface area contributed by atoms with Crippen LogP contribution in [-0.2, 0) is 24.0 Å². The standard InChI is InChI=1S/C20H31N5O6.C2H6/c1-11(2)17(24-14(26)10-25-15(27)7-8-16(25)28)19(30)23-13(18(29)12(3)4)6-5-9-22-20(21)31;1-2/h7-8,11-13,17H,5-6,9-10H2,1-4H3,(H,23,30)(H,24,26)(H3,21,22,31);1-2H3/t13-,17?;/m1./s1. The van der Waals surface area contributed by atoms with Crippen molar-refractivity contribution in [2.45, 2.75) is 66.5 Å². The van der Waals surface area contributed by atoms with Crippen LogP contribution >= 0.6 is 0 Å². The molecule has 1 aliphatic rings. The predicted molar refractivity (Wildman–Crippen MR) is 123 cm³/mol. The maximum absolute atomic E-state index is 12.8. The number of carbonyl (C=O) groups is 6. The van der Waals surface area contributed by atoms with E-state index in [1.165, 1.54) is 0 Å². The van der Waals surface area contributed by atoms with E-state index in [0.29, 0.717) is 6.42 Å². The van der Waals surface area contributed by atoms with Crippen molar-refractivity contribution in [1.29, 1.82) is 0 Å². The molecule has 1 rings (SSSR count). The normalized spacial score (nSPS) is 14.5. The van der Waals surface area contributed by atoms with Gasteiger partial charge in [0, 0.05) is 24.6 Å². The molecule has 6 amide bonds. The number of hydrogen-bond donors (Lipinski definition) is 4. The van der Waals surface area contributed by atoms with Crippen molar-refractivity contribution in [1.82, 2.24) is 20.9 Å². The molecule has 186 valence electrons. The van der Waals surface area contributed by atoms with E-state index in [1.807, 2.05) is 13.8 Å². The molecule has 5 N–H and O–H groups in total. The van der Waals surface area contributed by atoms with Crippen LogP contribution in [0.25, 0.3) is 0 Å². The van der Waals surface area contributed by atoms with Crippen LogP contribution in [0.2, 0.25) is 0 Å². The Balaban J connectivity index is 0.00000497. The van der Waals surface area contributed by atoms with Crippen LogP contribution in [-0.4, -0.2) is 65.5 Å². The number of amides is 6. The van der Waals surface area contributed by atoms with Crippen molar-refractivity contribution in [2.24, 2.45) is 17.6 Å². The molecule has 0 aromatic heterocycles. The number of hydrogen-bond acceptors (Lipinski definition) is 6. The van der Waals surface area contributed by atoms with Crippen molar-refractivity contribution < 1.29 is 28.8 Å². The Bertz CT molecular complexity index is 744. The molecule has 0 saturated heterocycles. The van der Waals surface area contributed by atoms with Gasteiger partial charge in [-0.3, -0.25) is 28.9 Å². The summed E-state index contributed by atoms with van der Waals surface area (Å²) in [5, 5.41) is 7.63. The Morgan fingerprint density at radius 3 is 1.97 bits per heavy atom. The highest BCUT2D eigenvalue weighted by molar-refractivity contribution is 6.14. The first-order valence-corrected chi connectivity index (χ1v) is 11.1. The molecule has 11 heteroatoms. The number of rotatable bonds is 12. The van der Waals surface area contributed by atoms with E-state index in [4.69, 9.17) is 5.73 Å². The van der Waals surface area contributed by atoms with E-state index in [2.05, 4.69) is 16.0 Å². The molecule has 1 aliphatic heterocycles. The first-order chi connectivity index (χ1) is 15.4. The Hall–Kier alpha value is -3.24. The highest BCUT2D eigenvalue weighted by atomic mass is 16.2. The summed E-state index contributed by atoms with van der Waals surface area (Å²) in [6.45, 7) is 10.6. The fraction of sp³-hybridized carbons (Fsp3) is 0.636. The average Bonchev–Trinajstić information content (AvgIpc) is 3.06. The molecule has 0 bridgehead atoms. The third-order valence-corrected chi connectivity index (χ3v) is 4.67. The largest absolute Gasteiger partial charge is 0.352 e. The molecule has 1 unspecified atom stereocenters. The fourth-order valence-electron chi connectivity index (χ4n) is 2.95. The molecule has 11 nitrogen and oxygen atoms in total. The highest BCUT2D eigenvalue weighted by Gasteiger charge is 2.31. The number of Topliss-reactive ketones (excluding diaryl/α,β-unsaturated/α-hetero) is 1. The van der Waals surface area contributed by atoms with Gasteiger partial charge < -0.3 is 21.7 Å². The van der Waals surface area contributed by atoms with Crippen molar-refractivity contribution in [3.05, 3.63) is 12.2 Å². The molecule has 0 radical (unpaired) electrons. The van der Waals surface area contributed by atoms with Gasteiger partial charge in [-0.2, -0.15) is 0 Å². The molecule has 0 saturated carbocycles. The summed E-state index contributed by atoms with van der Waals surface area (Å²) >= 11 is 0. The molecule has 0 fully saturated rings. The van der Waals surface area contributed by atoms with Gasteiger partial charge in [-0.25, -0.2) is 4.79 Å². The molecule has 0 aromatic carbocycles. The lowest BCUT2D eigenvalue weighted by Crippen LogP contribution is -2.55. The van der Waals surface area contributed by atoms with Crippen molar-refractivity contribution in [3.8, 4) is 0 Å². The van der Waals surface area contributed by atoms with E-state index in [1.54, 1.807) is 27.7 Å². The number of nitrogens with one attached hydrogen (secondary N) is 3. The van der Waals surface area contributed by atoms with Crippen molar-refractivity contribution in [3.63, 3.8) is 0 Å². The summed E-state index contributed by atoms with van der Waals surface area (Å²) in [6.07, 6.45) is 2.83. The minimum absolute atomic E-state index is 0.180. The number of primary amides is 1. The SMILES string of the molecule is CC.CC(C)C(=O)[C@@H](CCCNC(N)=O)NC(=O)C(NC(=O)CN1C(=O)C=CC1=O)C(C)C. The number of nitrogens with zero attached hydrogens (tertiary/aromatic N) is 1. The van der Waals surface area contributed by atoms with Gasteiger partial charge in [-0.1, -0.05) is 41.5 Å². The Kier molecular flexibility index (Phi) is 13.3. The van der Waals surface area contributed by atoms with Crippen molar-refractivity contribution >= 4 is 35.4 Å². The first kappa shape index (κ1) is 29.8. The third kappa shape index (κ3) is 10.3. The maximum atomic E-state index is 12.8. The minimum atomic E-state index is -0.973. The summed E-state index contributed by atoms with van der Waals surface area (Å²) < 4.78 is 0. The number of nitrogens with two attached hydrogens (primary N) is 1. The molecule has 0 aliphatic carbocycles. The molecule has 2 atom stereocenters. The van der Waals surface area contributed by atoms with Crippen LogP contribution in [0.15, 0.2) is 12.2 Å². The van der Waals surface area contributed by atoms with Gasteiger partial charge in [0.2, 0.25) is 11.8 Å². The summed E-state index contributed by atoms with van der Waals surface area (Å²) in [7, 11) is 0. The number of imide groups is 1. The summed E-state index contributed by atoms with van der Waals surface area (Å²) in [4.78, 5) is 72.5. The summed E-state index contributed by atoms with van der Waals surface area (Å²) in [5.74, 6) is -3.25. The van der Waals surface area contributed by atoms with Gasteiger partial charge >= 0.3 is 6.03 Å². The Labute approximate surface area is 194 Å². The zero-order valence-electron chi connectivity index (χ0n) is 20.3. The van der Waals surface area contributed by atoms with Crippen LogP contribution in [0.1, 0.15) is 54.4 Å². The highest BCUT2D eigenvalue weighted by Crippen LogP contribution is 2.09. The molecule has 0 spiro atoms. The molecule has 33 heavy (non-hydrogen) atoms. The maximum Gasteiger partial charge on any atom is 0.312 e. The monoisotopic (exact) mass is 467 g/mol. The average molecular weight is 468 g/mol. The fourth-order valence-corrected chi connectivity index (χ4v) is 2.95. The lowest BCUT2D eigenvalue weighted by Gasteiger charge is -2.26. The number of carbonyl (C=O) groups excluding carboxylic acids is 6. The lowest BCUT2D eigenvalue weighted by molar-refractivity contribution is -0.141. The van der Waals surface area contributed by atoms with Gasteiger partial charge in [-0.05, 0) is 18.8 Å². The lowest BCUT2D eigenvalue weighted by atomic mass is 9.96. The van der Waals surface area contributed by atoms with Gasteiger partial charge in [0.05, 0.1) is 6.04 Å². The van der Waals surface area contributed by atoms with Crippen LogP contribution in [0.4, 0.5) is 4.79 Å². The van der Waals surface area contributed by atoms with E-state index in [-0.39, 0.29) is 30.6 Å². The predicted octanol–water partition coefficient (Wildman–Crippen LogP) is 0.237. The van der Waals surface area contributed by atoms with Gasteiger partial charge in [0.25, 0.3) is 11.8 Å². The second-order valence-corrected chi connectivity index (χ2v) is 7.94. The van der Waals surface area contributed by atoms with Crippen LogP contribution in [0.3, 0.4) is 0 Å². The first-order valence-electron chi connectivity index (χ1n) is 11.1. The van der Waals surface area contributed by atoms with E-state index < -0.39 is 48.3 Å². The van der Waals surface area contributed by atoms with Crippen LogP contribution in [0.5, 0.6) is 0 Å². The van der Waals surface area contributed by atoms with Crippen LogP contribution in [0, 0.1) is 11.8 Å². The van der Waals surface area contributed by atoms with E-state index in [0.717, 1.165) is 17.1 Å². The van der Waals surface area contributed by atoms with E-state index in [9.17, 15) is 28.8 Å². The zero-order chi connectivity index (χ0) is 25.7. The molecule has 1 heterocycles. The third-order valence-electron chi connectivity index (χ3n) is 4.67. The second kappa shape index (κ2) is 14.8. The molecule has 0 aromatic rings. The minimum Gasteiger partial charge on any atom is -0.352 e.